The van der Waals surface area contributed by atoms with Crippen molar-refractivity contribution < 1.29 is 14.6 Å². The van der Waals surface area contributed by atoms with E-state index in [1.807, 2.05) is 0 Å². The zero-order valence-electron chi connectivity index (χ0n) is 4.39. The molecule has 1 atom stereocenters. The van der Waals surface area contributed by atoms with Crippen LogP contribution in [0.3, 0.4) is 0 Å². The lowest BCUT2D eigenvalue weighted by atomic mass is 10.5. The van der Waals surface area contributed by atoms with E-state index in [9.17, 15) is 9.90 Å². The smallest absolute Gasteiger partial charge is 0.431 e. The van der Waals surface area contributed by atoms with Gasteiger partial charge in [0.15, 0.2) is 0 Å². The minimum atomic E-state index is -1.48. The van der Waals surface area contributed by atoms with Crippen LogP contribution in [0, 0.1) is 0 Å². The first-order valence-corrected chi connectivity index (χ1v) is 3.02. The molecule has 47 valence electrons. The molecule has 0 aliphatic heterocycles. The van der Waals surface area contributed by atoms with Gasteiger partial charge in [-0.2, -0.15) is 9.90 Å². The number of hydrogen-bond donors (Lipinski definition) is 0. The quantitative estimate of drug-likeness (QED) is 0.477. The topological polar surface area (TPSA) is 46.2 Å². The Morgan fingerprint density at radius 3 is 2.50 bits per heavy atom. The molecule has 3 nitrogen and oxygen atoms in total. The maximum absolute atomic E-state index is 9.55. The molecule has 0 aliphatic carbocycles. The molecule has 1 unspecified atom stereocenters. The molecular formula is C4H6BrO3. The highest BCUT2D eigenvalue weighted by Gasteiger charge is 2.01. The average molecular weight is 182 g/mol. The largest absolute Gasteiger partial charge is 0.550 e. The Morgan fingerprint density at radius 2 is 2.38 bits per heavy atom. The van der Waals surface area contributed by atoms with Crippen molar-refractivity contribution in [3.63, 3.8) is 0 Å². The summed E-state index contributed by atoms with van der Waals surface area (Å²) in [5.41, 5.74) is 0. The molecule has 4 heteroatoms. The number of carbonyl (C=O) groups excluding carboxylic acids is 1. The van der Waals surface area contributed by atoms with Gasteiger partial charge in [0, 0.05) is 4.83 Å². The summed E-state index contributed by atoms with van der Waals surface area (Å²) in [4.78, 5) is 9.61. The van der Waals surface area contributed by atoms with Crippen molar-refractivity contribution >= 4 is 22.1 Å². The van der Waals surface area contributed by atoms with Gasteiger partial charge in [-0.25, -0.2) is 0 Å². The van der Waals surface area contributed by atoms with Gasteiger partial charge < -0.3 is 4.74 Å². The molecule has 0 aromatic heterocycles. The third kappa shape index (κ3) is 5.75. The molecule has 0 heterocycles. The summed E-state index contributed by atoms with van der Waals surface area (Å²) < 4.78 is 4.06. The van der Waals surface area contributed by atoms with Gasteiger partial charge in [-0.15, -0.1) is 0 Å². The molecule has 0 saturated heterocycles. The molecule has 0 amide bonds. The van der Waals surface area contributed by atoms with E-state index in [0.717, 1.165) is 0 Å². The summed E-state index contributed by atoms with van der Waals surface area (Å²) in [5.74, 6) is 0. The Hall–Kier alpha value is -0.250. The fraction of sp³-hybridized carbons (Fsp3) is 0.750. The number of rotatable bonds is 2. The molecule has 0 rings (SSSR count). The number of hydrogen-bond acceptors (Lipinski definition) is 2. The van der Waals surface area contributed by atoms with Crippen molar-refractivity contribution in [2.45, 2.75) is 11.8 Å². The lowest BCUT2D eigenvalue weighted by molar-refractivity contribution is 0.0693. The predicted molar refractivity (Wildman–Crippen MR) is 30.4 cm³/mol. The maximum Gasteiger partial charge on any atom is 0.550 e. The zero-order valence-corrected chi connectivity index (χ0v) is 5.97. The molecule has 0 spiro atoms. The molecule has 8 heavy (non-hydrogen) atoms. The first kappa shape index (κ1) is 7.75. The Labute approximate surface area is 55.8 Å². The molecule has 0 N–H and O–H groups in total. The highest BCUT2D eigenvalue weighted by Crippen LogP contribution is 1.96. The standard InChI is InChI=1S/C4H6BrO3/c1-3(5)2-8-4(6)7/h3H,2H2,1H3. The van der Waals surface area contributed by atoms with Gasteiger partial charge in [-0.05, 0) is 6.92 Å². The number of alkyl halides is 1. The highest BCUT2D eigenvalue weighted by atomic mass is 79.9. The van der Waals surface area contributed by atoms with E-state index in [0.29, 0.717) is 0 Å². The number of ether oxygens (including phenoxy) is 1. The minimum absolute atomic E-state index is 0.0559. The van der Waals surface area contributed by atoms with Crippen LogP contribution in [0.5, 0.6) is 0 Å². The number of halogens is 1. The van der Waals surface area contributed by atoms with Crippen molar-refractivity contribution in [1.29, 1.82) is 0 Å². The first-order chi connectivity index (χ1) is 3.63. The zero-order chi connectivity index (χ0) is 6.57. The molecule has 1 radical (unpaired) electrons. The van der Waals surface area contributed by atoms with E-state index >= 15 is 0 Å². The van der Waals surface area contributed by atoms with Crippen LogP contribution in [0.4, 0.5) is 4.79 Å². The summed E-state index contributed by atoms with van der Waals surface area (Å²) in [6, 6.07) is 0. The SMILES string of the molecule is CC(Br)COC([O])=O. The van der Waals surface area contributed by atoms with Crippen LogP contribution in [-0.4, -0.2) is 17.6 Å². The maximum atomic E-state index is 9.55. The predicted octanol–water partition coefficient (Wildman–Crippen LogP) is 1.34. The minimum Gasteiger partial charge on any atom is -0.431 e. The second-order valence-corrected chi connectivity index (χ2v) is 2.90. The summed E-state index contributed by atoms with van der Waals surface area (Å²) in [6.07, 6.45) is -1.48. The molecule has 0 bridgehead atoms. The van der Waals surface area contributed by atoms with Gasteiger partial charge in [-0.1, -0.05) is 15.9 Å². The van der Waals surface area contributed by atoms with Crippen LogP contribution in [0.2, 0.25) is 0 Å². The molecule has 0 fully saturated rings. The van der Waals surface area contributed by atoms with E-state index in [1.165, 1.54) is 0 Å². The fourth-order valence-electron chi connectivity index (χ4n) is 0.183. The van der Waals surface area contributed by atoms with E-state index in [2.05, 4.69) is 20.7 Å². The van der Waals surface area contributed by atoms with Crippen LogP contribution in [0.15, 0.2) is 0 Å². The molecule has 0 aromatic carbocycles. The van der Waals surface area contributed by atoms with Crippen molar-refractivity contribution in [2.75, 3.05) is 6.61 Å². The molecule has 0 aromatic rings. The van der Waals surface area contributed by atoms with E-state index < -0.39 is 6.16 Å². The van der Waals surface area contributed by atoms with Gasteiger partial charge in [-0.3, -0.25) is 0 Å². The lowest BCUT2D eigenvalue weighted by Crippen LogP contribution is -2.07. The van der Waals surface area contributed by atoms with Crippen molar-refractivity contribution in [3.05, 3.63) is 0 Å². The Kier molecular flexibility index (Phi) is 3.60. The van der Waals surface area contributed by atoms with Gasteiger partial charge in [0.1, 0.15) is 6.61 Å². The van der Waals surface area contributed by atoms with Crippen molar-refractivity contribution in [1.82, 2.24) is 0 Å². The van der Waals surface area contributed by atoms with Gasteiger partial charge in [0.2, 0.25) is 0 Å². The molecule has 0 saturated carbocycles. The van der Waals surface area contributed by atoms with Crippen LogP contribution in [0.25, 0.3) is 0 Å². The first-order valence-electron chi connectivity index (χ1n) is 2.10. The Bertz CT molecular complexity index is 81.4. The normalized spacial score (nSPS) is 12.8. The fourth-order valence-corrected chi connectivity index (χ4v) is 0.315. The molecular weight excluding hydrogens is 176 g/mol. The summed E-state index contributed by atoms with van der Waals surface area (Å²) >= 11 is 3.09. The van der Waals surface area contributed by atoms with Crippen LogP contribution in [0.1, 0.15) is 6.92 Å². The number of carbonyl (C=O) groups is 1. The third-order valence-corrected chi connectivity index (χ3v) is 0.695. The third-order valence-electron chi connectivity index (χ3n) is 0.431. The summed E-state index contributed by atoms with van der Waals surface area (Å²) in [5, 5.41) is 9.55. The lowest BCUT2D eigenvalue weighted by Gasteiger charge is -1.97. The second kappa shape index (κ2) is 3.72. The Balaban J connectivity index is 3.05. The summed E-state index contributed by atoms with van der Waals surface area (Å²) in [7, 11) is 0. The van der Waals surface area contributed by atoms with E-state index in [4.69, 9.17) is 0 Å². The Morgan fingerprint density at radius 1 is 1.88 bits per heavy atom. The summed E-state index contributed by atoms with van der Waals surface area (Å²) in [6.45, 7) is 1.92. The van der Waals surface area contributed by atoms with E-state index in [1.54, 1.807) is 6.92 Å². The van der Waals surface area contributed by atoms with Crippen LogP contribution >= 0.6 is 15.9 Å². The van der Waals surface area contributed by atoms with Gasteiger partial charge in [0.05, 0.1) is 0 Å². The van der Waals surface area contributed by atoms with Gasteiger partial charge >= 0.3 is 6.16 Å². The van der Waals surface area contributed by atoms with Crippen molar-refractivity contribution in [2.24, 2.45) is 0 Å². The molecule has 0 aliphatic rings. The highest BCUT2D eigenvalue weighted by molar-refractivity contribution is 9.09. The van der Waals surface area contributed by atoms with Crippen LogP contribution in [-0.2, 0) is 9.84 Å². The second-order valence-electron chi connectivity index (χ2n) is 1.34. The average Bonchev–Trinajstić information content (AvgIpc) is 1.61. The monoisotopic (exact) mass is 181 g/mol. The van der Waals surface area contributed by atoms with Crippen LogP contribution < -0.4 is 0 Å². The van der Waals surface area contributed by atoms with E-state index in [-0.39, 0.29) is 11.4 Å². The van der Waals surface area contributed by atoms with Crippen molar-refractivity contribution in [3.8, 4) is 0 Å². The van der Waals surface area contributed by atoms with Gasteiger partial charge in [0.25, 0.3) is 0 Å².